The van der Waals surface area contributed by atoms with Crippen LogP contribution in [0, 0.1) is 28.4 Å². The number of hydrogen-bond donors (Lipinski definition) is 1. The molecule has 3 fully saturated rings. The molecule has 1 aliphatic carbocycles. The van der Waals surface area contributed by atoms with Crippen LogP contribution in [0.3, 0.4) is 0 Å². The van der Waals surface area contributed by atoms with Gasteiger partial charge in [-0.05, 0) is 68.8 Å². The highest BCUT2D eigenvalue weighted by atomic mass is 35.5. The number of aromatic nitrogens is 2. The van der Waals surface area contributed by atoms with Crippen molar-refractivity contribution in [2.75, 3.05) is 44.4 Å². The molecule has 13 heteroatoms. The van der Waals surface area contributed by atoms with Crippen LogP contribution in [0.15, 0.2) is 30.9 Å². The second kappa shape index (κ2) is 11.6. The average Bonchev–Trinajstić information content (AvgIpc) is 3.37. The number of nitrogen functional groups attached to an aromatic ring is 1. The summed E-state index contributed by atoms with van der Waals surface area (Å²) >= 11 is 7.78. The lowest BCUT2D eigenvalue weighted by molar-refractivity contribution is -0.126. The molecule has 2 N–H and O–H groups in total. The second-order valence-electron chi connectivity index (χ2n) is 13.1. The van der Waals surface area contributed by atoms with Crippen molar-refractivity contribution >= 4 is 60.7 Å². The number of nitrogens with zero attached hydrogens (tertiary/aromatic N) is 6. The first-order chi connectivity index (χ1) is 22.5. The molecule has 2 aromatic carbocycles. The smallest absolute Gasteiger partial charge is 0.319 e. The molecule has 4 aromatic rings. The first-order valence-corrected chi connectivity index (χ1v) is 16.8. The van der Waals surface area contributed by atoms with E-state index in [1.807, 2.05) is 24.9 Å². The van der Waals surface area contributed by atoms with E-state index in [9.17, 15) is 14.4 Å². The molecule has 3 aliphatic rings. The third-order valence-electron chi connectivity index (χ3n) is 10.3. The molecule has 1 spiro atoms. The predicted octanol–water partition coefficient (Wildman–Crippen LogP) is 6.37. The van der Waals surface area contributed by atoms with Crippen LogP contribution in [0.1, 0.15) is 38.2 Å². The Bertz CT molecular complexity index is 2010. The number of likely N-dealkylation sites (tertiary alicyclic amines) is 2. The van der Waals surface area contributed by atoms with E-state index in [1.54, 1.807) is 11.0 Å². The normalized spacial score (nSPS) is 21.9. The molecule has 1 saturated carbocycles. The highest BCUT2D eigenvalue weighted by Gasteiger charge is 2.51. The minimum Gasteiger partial charge on any atom is -0.462 e. The molecule has 2 aliphatic heterocycles. The van der Waals surface area contributed by atoms with Crippen molar-refractivity contribution in [3.8, 4) is 23.2 Å². The molecule has 1 amide bonds. The molecular weight excluding hydrogens is 644 g/mol. The lowest BCUT2D eigenvalue weighted by Crippen LogP contribution is -2.43. The van der Waals surface area contributed by atoms with Crippen molar-refractivity contribution < 1.29 is 18.3 Å². The highest BCUT2D eigenvalue weighted by Crippen LogP contribution is 2.54. The molecule has 1 unspecified atom stereocenters. The number of nitrogens with two attached hydrogens (primary N) is 1. The maximum absolute atomic E-state index is 17.0. The number of ether oxygens (including phenoxy) is 1. The van der Waals surface area contributed by atoms with E-state index in [4.69, 9.17) is 27.1 Å². The number of likely N-dealkylation sites (N-methyl/N-ethyl adjacent to an activating group) is 2. The summed E-state index contributed by atoms with van der Waals surface area (Å²) in [4.78, 5) is 27.9. The summed E-state index contributed by atoms with van der Waals surface area (Å²) in [5, 5.41) is 10.6. The van der Waals surface area contributed by atoms with Crippen LogP contribution in [-0.2, 0) is 4.79 Å². The van der Waals surface area contributed by atoms with E-state index in [1.165, 1.54) is 31.1 Å². The van der Waals surface area contributed by atoms with Crippen molar-refractivity contribution in [1.29, 1.82) is 5.26 Å². The van der Waals surface area contributed by atoms with Gasteiger partial charge >= 0.3 is 6.01 Å². The zero-order chi connectivity index (χ0) is 33.4. The number of rotatable bonds is 7. The van der Waals surface area contributed by atoms with Gasteiger partial charge in [-0.3, -0.25) is 9.69 Å². The largest absolute Gasteiger partial charge is 0.462 e. The molecule has 2 aromatic heterocycles. The van der Waals surface area contributed by atoms with Crippen LogP contribution >= 0.6 is 22.9 Å². The molecule has 3 atom stereocenters. The number of carbonyl (C=O) groups excluding carboxylic acids is 1. The number of nitriles is 1. The van der Waals surface area contributed by atoms with E-state index in [0.717, 1.165) is 24.3 Å². The lowest BCUT2D eigenvalue weighted by Gasteiger charge is -2.32. The first-order valence-electron chi connectivity index (χ1n) is 15.6. The average molecular weight is 678 g/mol. The van der Waals surface area contributed by atoms with Crippen LogP contribution in [0.25, 0.3) is 32.1 Å². The molecule has 0 bridgehead atoms. The van der Waals surface area contributed by atoms with Gasteiger partial charge in [-0.2, -0.15) is 15.2 Å². The number of carbonyl (C=O) groups is 1. The fourth-order valence-electron chi connectivity index (χ4n) is 7.55. The zero-order valence-corrected chi connectivity index (χ0v) is 27.9. The molecule has 9 nitrogen and oxygen atoms in total. The Kier molecular flexibility index (Phi) is 7.77. The van der Waals surface area contributed by atoms with Crippen molar-refractivity contribution in [3.05, 3.63) is 53.1 Å². The van der Waals surface area contributed by atoms with E-state index < -0.39 is 11.6 Å². The van der Waals surface area contributed by atoms with Crippen LogP contribution in [-0.4, -0.2) is 77.6 Å². The summed E-state index contributed by atoms with van der Waals surface area (Å²) < 4.78 is 38.2. The number of halogens is 3. The fourth-order valence-corrected chi connectivity index (χ4v) is 8.79. The number of thiophene rings is 1. The lowest BCUT2D eigenvalue weighted by atomic mass is 9.97. The van der Waals surface area contributed by atoms with Gasteiger partial charge in [0.1, 0.15) is 34.8 Å². The van der Waals surface area contributed by atoms with Gasteiger partial charge in [0, 0.05) is 48.6 Å². The van der Waals surface area contributed by atoms with Crippen LogP contribution in [0.4, 0.5) is 19.6 Å². The van der Waals surface area contributed by atoms with Crippen LogP contribution < -0.4 is 15.4 Å². The minimum atomic E-state index is -0.756. The Morgan fingerprint density at radius 3 is 2.81 bits per heavy atom. The zero-order valence-electron chi connectivity index (χ0n) is 26.3. The summed E-state index contributed by atoms with van der Waals surface area (Å²) in [7, 11) is 3.94. The van der Waals surface area contributed by atoms with Gasteiger partial charge in [0.05, 0.1) is 21.3 Å². The SMILES string of the molecule is C=CC(=O)N1CCC(N(C)c2nc(OC[C@@H]3CC4(CC4)CN3C)nc3c(F)c(-c4ccc(F)c5sc(N)c(C#N)c45)c(Cl)cc23)[C@H]1C. The van der Waals surface area contributed by atoms with Crippen molar-refractivity contribution in [2.45, 2.75) is 50.7 Å². The maximum Gasteiger partial charge on any atom is 0.319 e. The van der Waals surface area contributed by atoms with Crippen LogP contribution in [0.2, 0.25) is 5.02 Å². The molecule has 47 heavy (non-hydrogen) atoms. The Labute approximate surface area is 280 Å². The summed E-state index contributed by atoms with van der Waals surface area (Å²) in [5.41, 5.74) is 6.68. The summed E-state index contributed by atoms with van der Waals surface area (Å²) in [6, 6.07) is 6.12. The van der Waals surface area contributed by atoms with Gasteiger partial charge in [0.2, 0.25) is 5.91 Å². The van der Waals surface area contributed by atoms with Gasteiger partial charge in [-0.25, -0.2) is 8.78 Å². The summed E-state index contributed by atoms with van der Waals surface area (Å²) in [5.74, 6) is -1.08. The van der Waals surface area contributed by atoms with E-state index in [0.29, 0.717) is 36.2 Å². The second-order valence-corrected chi connectivity index (χ2v) is 14.5. The number of hydrogen-bond acceptors (Lipinski definition) is 9. The monoisotopic (exact) mass is 677 g/mol. The molecule has 244 valence electrons. The Morgan fingerprint density at radius 2 is 2.13 bits per heavy atom. The number of fused-ring (bicyclic) bond motifs is 2. The van der Waals surface area contributed by atoms with Gasteiger partial charge in [0.25, 0.3) is 0 Å². The third-order valence-corrected chi connectivity index (χ3v) is 11.6. The molecular formula is C34H34ClF2N7O2S. The van der Waals surface area contributed by atoms with Crippen molar-refractivity contribution in [1.82, 2.24) is 19.8 Å². The number of benzene rings is 2. The number of anilines is 2. The predicted molar refractivity (Wildman–Crippen MR) is 181 cm³/mol. The quantitative estimate of drug-likeness (QED) is 0.225. The van der Waals surface area contributed by atoms with Gasteiger partial charge in [-0.15, -0.1) is 11.3 Å². The molecule has 2 saturated heterocycles. The summed E-state index contributed by atoms with van der Waals surface area (Å²) in [6.45, 7) is 7.50. The number of amides is 1. The molecule has 4 heterocycles. The minimum absolute atomic E-state index is 0.0167. The fraction of sp³-hybridized carbons (Fsp3) is 0.412. The Hall–Kier alpha value is -4.05. The van der Waals surface area contributed by atoms with Gasteiger partial charge in [0.15, 0.2) is 5.82 Å². The Balaban J connectivity index is 1.36. The summed E-state index contributed by atoms with van der Waals surface area (Å²) in [6.07, 6.45) is 5.42. The van der Waals surface area contributed by atoms with Crippen molar-refractivity contribution in [3.63, 3.8) is 0 Å². The third kappa shape index (κ3) is 5.16. The standard InChI is InChI=1S/C34H34ClF2N7O2S/c1-5-25(45)44-11-8-24(17(44)2)43(4)32-20-12-22(35)27(19-6-7-23(36)30-26(19)21(14-38)31(39)47-30)28(37)29(20)40-33(41-32)46-15-18-13-34(9-10-34)16-42(18)3/h5-7,12,17-18,24H,1,8-11,13,15-16,39H2,2-4H3/t17-,18+,24?/m1/s1. The molecule has 7 rings (SSSR count). The first kappa shape index (κ1) is 31.5. The van der Waals surface area contributed by atoms with E-state index in [2.05, 4.69) is 23.5 Å². The van der Waals surface area contributed by atoms with E-state index in [-0.39, 0.29) is 72.4 Å². The topological polar surface area (TPSA) is 112 Å². The molecule has 0 radical (unpaired) electrons. The van der Waals surface area contributed by atoms with E-state index >= 15 is 4.39 Å². The highest BCUT2D eigenvalue weighted by molar-refractivity contribution is 7.23. The van der Waals surface area contributed by atoms with Gasteiger partial charge in [-0.1, -0.05) is 24.2 Å². The maximum atomic E-state index is 17.0. The van der Waals surface area contributed by atoms with Crippen molar-refractivity contribution in [2.24, 2.45) is 5.41 Å². The Morgan fingerprint density at radius 1 is 1.36 bits per heavy atom. The van der Waals surface area contributed by atoms with Gasteiger partial charge < -0.3 is 20.3 Å². The van der Waals surface area contributed by atoms with Crippen LogP contribution in [0.5, 0.6) is 6.01 Å².